The van der Waals surface area contributed by atoms with Crippen molar-refractivity contribution in [1.82, 2.24) is 10.0 Å². The summed E-state index contributed by atoms with van der Waals surface area (Å²) in [5.41, 5.74) is 2.09. The van der Waals surface area contributed by atoms with Crippen LogP contribution in [0.5, 0.6) is 5.75 Å². The third-order valence-corrected chi connectivity index (χ3v) is 6.39. The van der Waals surface area contributed by atoms with Crippen molar-refractivity contribution < 1.29 is 17.9 Å². The molecule has 2 N–H and O–H groups in total. The van der Waals surface area contributed by atoms with Gasteiger partial charge in [-0.3, -0.25) is 4.79 Å². The average Bonchev–Trinajstić information content (AvgIpc) is 3.25. The van der Waals surface area contributed by atoms with Crippen LogP contribution in [0.1, 0.15) is 26.4 Å². The van der Waals surface area contributed by atoms with Gasteiger partial charge in [-0.1, -0.05) is 36.4 Å². The highest BCUT2D eigenvalue weighted by Crippen LogP contribution is 2.17. The zero-order valence-corrected chi connectivity index (χ0v) is 17.6. The molecule has 8 heteroatoms. The summed E-state index contributed by atoms with van der Waals surface area (Å²) in [6.07, 6.45) is 0. The summed E-state index contributed by atoms with van der Waals surface area (Å²) >= 11 is 1.62. The van der Waals surface area contributed by atoms with E-state index in [4.69, 9.17) is 4.74 Å². The number of carbonyl (C=O) groups is 1. The van der Waals surface area contributed by atoms with Crippen molar-refractivity contribution in [1.29, 1.82) is 0 Å². The Labute approximate surface area is 174 Å². The fourth-order valence-corrected chi connectivity index (χ4v) is 4.00. The lowest BCUT2D eigenvalue weighted by Crippen LogP contribution is -2.23. The summed E-state index contributed by atoms with van der Waals surface area (Å²) in [6, 6.07) is 18.1. The lowest BCUT2D eigenvalue weighted by Gasteiger charge is -2.09. The molecule has 6 nitrogen and oxygen atoms in total. The average molecular weight is 431 g/mol. The highest BCUT2D eigenvalue weighted by molar-refractivity contribution is 7.88. The van der Waals surface area contributed by atoms with Gasteiger partial charge in [-0.25, -0.2) is 13.1 Å². The van der Waals surface area contributed by atoms with Crippen LogP contribution in [0.15, 0.2) is 66.0 Å². The highest BCUT2D eigenvalue weighted by Gasteiger charge is 2.09. The Morgan fingerprint density at radius 2 is 1.79 bits per heavy atom. The van der Waals surface area contributed by atoms with E-state index in [9.17, 15) is 13.2 Å². The van der Waals surface area contributed by atoms with Crippen molar-refractivity contribution in [2.24, 2.45) is 0 Å². The molecule has 0 radical (unpaired) electrons. The predicted molar refractivity (Wildman–Crippen MR) is 114 cm³/mol. The first kappa shape index (κ1) is 21.0. The van der Waals surface area contributed by atoms with Gasteiger partial charge in [0.05, 0.1) is 5.75 Å². The number of benzene rings is 2. The van der Waals surface area contributed by atoms with Crippen molar-refractivity contribution in [3.63, 3.8) is 0 Å². The molecule has 29 heavy (non-hydrogen) atoms. The van der Waals surface area contributed by atoms with Crippen molar-refractivity contribution in [2.75, 3.05) is 7.05 Å². The Kier molecular flexibility index (Phi) is 7.03. The Balaban J connectivity index is 1.54. The third-order valence-electron chi connectivity index (χ3n) is 4.20. The van der Waals surface area contributed by atoms with Crippen molar-refractivity contribution in [3.8, 4) is 5.75 Å². The molecular weight excluding hydrogens is 408 g/mol. The van der Waals surface area contributed by atoms with Crippen LogP contribution in [0, 0.1) is 0 Å². The largest absolute Gasteiger partial charge is 0.488 e. The summed E-state index contributed by atoms with van der Waals surface area (Å²) < 4.78 is 31.2. The Morgan fingerprint density at radius 3 is 2.48 bits per heavy atom. The van der Waals surface area contributed by atoms with Gasteiger partial charge in [-0.2, -0.15) is 0 Å². The monoisotopic (exact) mass is 430 g/mol. The van der Waals surface area contributed by atoms with E-state index in [1.807, 2.05) is 23.6 Å². The molecule has 0 bridgehead atoms. The van der Waals surface area contributed by atoms with Gasteiger partial charge < -0.3 is 10.1 Å². The summed E-state index contributed by atoms with van der Waals surface area (Å²) in [5.74, 6) is 0.364. The fourth-order valence-electron chi connectivity index (χ4n) is 2.61. The lowest BCUT2D eigenvalue weighted by molar-refractivity contribution is 0.0950. The van der Waals surface area contributed by atoms with E-state index in [2.05, 4.69) is 10.0 Å². The summed E-state index contributed by atoms with van der Waals surface area (Å²) in [6.45, 7) is 0.816. The molecule has 0 aliphatic rings. The quantitative estimate of drug-likeness (QED) is 0.546. The molecule has 0 fully saturated rings. The molecule has 0 spiro atoms. The van der Waals surface area contributed by atoms with Crippen LogP contribution in [0.2, 0.25) is 0 Å². The standard InChI is InChI=1S/C21H22N2O4S2/c1-22-29(25,26)15-17-9-7-16(8-10-17)13-23-21(24)18-4-2-5-19(12-18)27-14-20-6-3-11-28-20/h2-12,22H,13-15H2,1H3,(H,23,24). The minimum atomic E-state index is -3.30. The number of carbonyl (C=O) groups excluding carboxylic acids is 1. The van der Waals surface area contributed by atoms with E-state index < -0.39 is 10.0 Å². The zero-order valence-electron chi connectivity index (χ0n) is 15.9. The first-order valence-corrected chi connectivity index (χ1v) is 11.5. The molecule has 3 aromatic rings. The summed E-state index contributed by atoms with van der Waals surface area (Å²) in [4.78, 5) is 13.6. The van der Waals surface area contributed by atoms with Crippen LogP contribution in [0.4, 0.5) is 0 Å². The number of ether oxygens (including phenoxy) is 1. The molecule has 0 saturated carbocycles. The number of rotatable bonds is 9. The number of hydrogen-bond donors (Lipinski definition) is 2. The second-order valence-electron chi connectivity index (χ2n) is 6.36. The van der Waals surface area contributed by atoms with Gasteiger partial charge >= 0.3 is 0 Å². The van der Waals surface area contributed by atoms with E-state index in [1.165, 1.54) is 7.05 Å². The van der Waals surface area contributed by atoms with Crippen LogP contribution >= 0.6 is 11.3 Å². The first-order valence-electron chi connectivity index (χ1n) is 8.98. The first-order chi connectivity index (χ1) is 13.9. The number of amides is 1. The predicted octanol–water partition coefficient (Wildman–Crippen LogP) is 3.31. The van der Waals surface area contributed by atoms with Crippen LogP contribution in [0.25, 0.3) is 0 Å². The Bertz CT molecular complexity index is 1050. The maximum atomic E-state index is 12.4. The number of nitrogens with one attached hydrogen (secondary N) is 2. The van der Waals surface area contributed by atoms with E-state index in [0.29, 0.717) is 30.0 Å². The molecule has 2 aromatic carbocycles. The van der Waals surface area contributed by atoms with E-state index in [-0.39, 0.29) is 11.7 Å². The van der Waals surface area contributed by atoms with E-state index in [1.54, 1.807) is 53.8 Å². The molecule has 3 rings (SSSR count). The Hall–Kier alpha value is -2.68. The number of sulfonamides is 1. The fraction of sp³-hybridized carbons (Fsp3) is 0.190. The van der Waals surface area contributed by atoms with Crippen LogP contribution < -0.4 is 14.8 Å². The van der Waals surface area contributed by atoms with Crippen molar-refractivity contribution >= 4 is 27.3 Å². The molecule has 1 heterocycles. The minimum absolute atomic E-state index is 0.0750. The number of hydrogen-bond acceptors (Lipinski definition) is 5. The molecule has 0 atom stereocenters. The van der Waals surface area contributed by atoms with Gasteiger partial charge in [0.15, 0.2) is 0 Å². The molecule has 1 aromatic heterocycles. The molecule has 0 unspecified atom stereocenters. The molecule has 152 valence electrons. The third kappa shape index (κ3) is 6.42. The topological polar surface area (TPSA) is 84.5 Å². The van der Waals surface area contributed by atoms with Crippen molar-refractivity contribution in [3.05, 3.63) is 87.6 Å². The van der Waals surface area contributed by atoms with Gasteiger partial charge in [0, 0.05) is 17.0 Å². The zero-order chi connectivity index (χ0) is 20.7. The Morgan fingerprint density at radius 1 is 1.03 bits per heavy atom. The molecule has 1 amide bonds. The molecular formula is C21H22N2O4S2. The molecule has 0 aliphatic heterocycles. The summed E-state index contributed by atoms with van der Waals surface area (Å²) in [5, 5.41) is 4.86. The van der Waals surface area contributed by atoms with Crippen LogP contribution in [-0.4, -0.2) is 21.4 Å². The molecule has 0 saturated heterocycles. The SMILES string of the molecule is CNS(=O)(=O)Cc1ccc(CNC(=O)c2cccc(OCc3cccs3)c2)cc1. The van der Waals surface area contributed by atoms with Crippen LogP contribution in [-0.2, 0) is 28.9 Å². The highest BCUT2D eigenvalue weighted by atomic mass is 32.2. The number of thiophene rings is 1. The minimum Gasteiger partial charge on any atom is -0.488 e. The van der Waals surface area contributed by atoms with Crippen LogP contribution in [0.3, 0.4) is 0 Å². The maximum Gasteiger partial charge on any atom is 0.251 e. The van der Waals surface area contributed by atoms with E-state index in [0.717, 1.165) is 10.4 Å². The normalized spacial score (nSPS) is 11.2. The van der Waals surface area contributed by atoms with Gasteiger partial charge in [-0.15, -0.1) is 11.3 Å². The van der Waals surface area contributed by atoms with Gasteiger partial charge in [0.1, 0.15) is 12.4 Å². The van der Waals surface area contributed by atoms with Gasteiger partial charge in [0.25, 0.3) is 5.91 Å². The van der Waals surface area contributed by atoms with Gasteiger partial charge in [-0.05, 0) is 47.8 Å². The van der Waals surface area contributed by atoms with E-state index >= 15 is 0 Å². The molecule has 0 aliphatic carbocycles. The van der Waals surface area contributed by atoms with Gasteiger partial charge in [0.2, 0.25) is 10.0 Å². The maximum absolute atomic E-state index is 12.4. The smallest absolute Gasteiger partial charge is 0.251 e. The van der Waals surface area contributed by atoms with Crippen molar-refractivity contribution in [2.45, 2.75) is 18.9 Å². The second-order valence-corrected chi connectivity index (χ2v) is 9.32. The lowest BCUT2D eigenvalue weighted by atomic mass is 10.1. The summed E-state index contributed by atoms with van der Waals surface area (Å²) in [7, 11) is -1.91. The second kappa shape index (κ2) is 9.69.